The Balaban J connectivity index is 2.71. The summed E-state index contributed by atoms with van der Waals surface area (Å²) < 4.78 is 16.5. The molecule has 0 heterocycles. The van der Waals surface area contributed by atoms with Crippen molar-refractivity contribution >= 4 is 0 Å². The van der Waals surface area contributed by atoms with Crippen LogP contribution in [0.4, 0.5) is 0 Å². The smallest absolute Gasteiger partial charge is 0.161 e. The lowest BCUT2D eigenvalue weighted by atomic mass is 9.86. The van der Waals surface area contributed by atoms with E-state index < -0.39 is 0 Å². The van der Waals surface area contributed by atoms with Crippen molar-refractivity contribution in [2.45, 2.75) is 60.3 Å². The van der Waals surface area contributed by atoms with Gasteiger partial charge in [-0.25, -0.2) is 0 Å². The summed E-state index contributed by atoms with van der Waals surface area (Å²) >= 11 is 0. The molecule has 0 N–H and O–H groups in total. The number of hydrogen-bond donors (Lipinski definition) is 0. The van der Waals surface area contributed by atoms with E-state index in [2.05, 4.69) is 58.9 Å². The standard InChI is InChI=1S/C25H42O3/c1-19(2)21(5)11-8-9-12-23(20(3)4)17-22-13-14-24(27-7)25(18-22)28-16-10-15-26-6/h8-9,13-14,18-21,23H,10-12,15-17H2,1-7H3/b9-8+. The van der Waals surface area contributed by atoms with Gasteiger partial charge in [0.05, 0.1) is 13.7 Å². The van der Waals surface area contributed by atoms with Gasteiger partial charge in [0.1, 0.15) is 0 Å². The molecule has 0 spiro atoms. The van der Waals surface area contributed by atoms with Crippen LogP contribution in [0.1, 0.15) is 59.4 Å². The van der Waals surface area contributed by atoms with Gasteiger partial charge < -0.3 is 14.2 Å². The van der Waals surface area contributed by atoms with E-state index in [1.54, 1.807) is 14.2 Å². The fraction of sp³-hybridized carbons (Fsp3) is 0.680. The second-order valence-corrected chi connectivity index (χ2v) is 8.55. The van der Waals surface area contributed by atoms with Crippen LogP contribution in [0.2, 0.25) is 0 Å². The van der Waals surface area contributed by atoms with Crippen LogP contribution in [0.5, 0.6) is 11.5 Å². The van der Waals surface area contributed by atoms with Crippen molar-refractivity contribution in [3.05, 3.63) is 35.9 Å². The molecule has 3 nitrogen and oxygen atoms in total. The molecule has 0 aliphatic heterocycles. The summed E-state index contributed by atoms with van der Waals surface area (Å²) in [5, 5.41) is 0. The minimum atomic E-state index is 0.625. The predicted octanol–water partition coefficient (Wildman–Crippen LogP) is 6.55. The van der Waals surface area contributed by atoms with Crippen LogP contribution in [0, 0.1) is 23.7 Å². The lowest BCUT2D eigenvalue weighted by Crippen LogP contribution is -2.12. The molecule has 0 aliphatic rings. The lowest BCUT2D eigenvalue weighted by molar-refractivity contribution is 0.170. The zero-order chi connectivity index (χ0) is 20.9. The summed E-state index contributed by atoms with van der Waals surface area (Å²) in [7, 11) is 3.40. The Bertz CT molecular complexity index is 563. The van der Waals surface area contributed by atoms with Gasteiger partial charge in [0, 0.05) is 20.1 Å². The Morgan fingerprint density at radius 3 is 2.18 bits per heavy atom. The van der Waals surface area contributed by atoms with Crippen LogP contribution < -0.4 is 9.47 Å². The SMILES string of the molecule is COCCCOc1cc(CC(C/C=C/CC(C)C(C)C)C(C)C)ccc1OC. The minimum absolute atomic E-state index is 0.625. The Morgan fingerprint density at radius 2 is 1.57 bits per heavy atom. The summed E-state index contributed by atoms with van der Waals surface area (Å²) in [4.78, 5) is 0. The highest BCUT2D eigenvalue weighted by atomic mass is 16.5. The van der Waals surface area contributed by atoms with E-state index in [1.807, 2.05) is 6.07 Å². The molecule has 0 saturated heterocycles. The van der Waals surface area contributed by atoms with Crippen LogP contribution in [0.25, 0.3) is 0 Å². The van der Waals surface area contributed by atoms with Crippen LogP contribution in [-0.2, 0) is 11.2 Å². The maximum absolute atomic E-state index is 5.94. The van der Waals surface area contributed by atoms with Crippen molar-refractivity contribution in [2.75, 3.05) is 27.4 Å². The first-order valence-corrected chi connectivity index (χ1v) is 10.8. The Hall–Kier alpha value is -1.48. The molecule has 160 valence electrons. The third-order valence-corrected chi connectivity index (χ3v) is 5.67. The van der Waals surface area contributed by atoms with Gasteiger partial charge in [-0.15, -0.1) is 0 Å². The quantitative estimate of drug-likeness (QED) is 0.266. The van der Waals surface area contributed by atoms with Crippen molar-refractivity contribution < 1.29 is 14.2 Å². The van der Waals surface area contributed by atoms with E-state index in [1.165, 1.54) is 12.0 Å². The highest BCUT2D eigenvalue weighted by Crippen LogP contribution is 2.31. The topological polar surface area (TPSA) is 27.7 Å². The van der Waals surface area contributed by atoms with Crippen LogP contribution in [0.15, 0.2) is 30.4 Å². The second-order valence-electron chi connectivity index (χ2n) is 8.55. The molecular formula is C25H42O3. The molecule has 0 aromatic heterocycles. The highest BCUT2D eigenvalue weighted by molar-refractivity contribution is 5.43. The molecular weight excluding hydrogens is 348 g/mol. The highest BCUT2D eigenvalue weighted by Gasteiger charge is 2.15. The molecule has 2 unspecified atom stereocenters. The first kappa shape index (κ1) is 24.6. The van der Waals surface area contributed by atoms with Crippen molar-refractivity contribution in [3.63, 3.8) is 0 Å². The van der Waals surface area contributed by atoms with Gasteiger partial charge in [0.25, 0.3) is 0 Å². The van der Waals surface area contributed by atoms with Crippen molar-refractivity contribution in [3.8, 4) is 11.5 Å². The van der Waals surface area contributed by atoms with E-state index in [0.29, 0.717) is 25.0 Å². The van der Waals surface area contributed by atoms with Gasteiger partial charge >= 0.3 is 0 Å². The van der Waals surface area contributed by atoms with Crippen molar-refractivity contribution in [1.82, 2.24) is 0 Å². The Kier molecular flexibility index (Phi) is 12.0. The molecule has 0 fully saturated rings. The molecule has 0 aliphatic carbocycles. The van der Waals surface area contributed by atoms with E-state index in [-0.39, 0.29) is 0 Å². The van der Waals surface area contributed by atoms with E-state index in [9.17, 15) is 0 Å². The molecule has 1 aromatic carbocycles. The summed E-state index contributed by atoms with van der Waals surface area (Å²) in [6.45, 7) is 12.9. The largest absolute Gasteiger partial charge is 0.493 e. The van der Waals surface area contributed by atoms with Gasteiger partial charge in [-0.1, -0.05) is 52.8 Å². The normalized spacial score (nSPS) is 14.0. The van der Waals surface area contributed by atoms with Gasteiger partial charge in [0.15, 0.2) is 11.5 Å². The summed E-state index contributed by atoms with van der Waals surface area (Å²) in [5.74, 6) is 4.38. The lowest BCUT2D eigenvalue weighted by Gasteiger charge is -2.20. The third-order valence-electron chi connectivity index (χ3n) is 5.67. The fourth-order valence-electron chi connectivity index (χ4n) is 3.09. The van der Waals surface area contributed by atoms with Gasteiger partial charge in [-0.05, 0) is 60.6 Å². The van der Waals surface area contributed by atoms with E-state index >= 15 is 0 Å². The molecule has 1 rings (SSSR count). The molecule has 2 atom stereocenters. The first-order chi connectivity index (χ1) is 13.4. The Labute approximate surface area is 173 Å². The number of rotatable bonds is 14. The zero-order valence-corrected chi connectivity index (χ0v) is 19.2. The first-order valence-electron chi connectivity index (χ1n) is 10.8. The van der Waals surface area contributed by atoms with Gasteiger partial charge in [-0.3, -0.25) is 0 Å². The Morgan fingerprint density at radius 1 is 0.857 bits per heavy atom. The molecule has 0 bridgehead atoms. The summed E-state index contributed by atoms with van der Waals surface area (Å²) in [5.41, 5.74) is 1.31. The fourth-order valence-corrected chi connectivity index (χ4v) is 3.09. The number of ether oxygens (including phenoxy) is 3. The second kappa shape index (κ2) is 13.7. The van der Waals surface area contributed by atoms with Crippen molar-refractivity contribution in [1.29, 1.82) is 0 Å². The average Bonchev–Trinajstić information content (AvgIpc) is 2.67. The number of allylic oxidation sites excluding steroid dienone is 2. The van der Waals surface area contributed by atoms with E-state index in [4.69, 9.17) is 14.2 Å². The van der Waals surface area contributed by atoms with Crippen LogP contribution >= 0.6 is 0 Å². The maximum Gasteiger partial charge on any atom is 0.161 e. The number of methoxy groups -OCH3 is 2. The van der Waals surface area contributed by atoms with E-state index in [0.717, 1.165) is 42.6 Å². The number of benzene rings is 1. The predicted molar refractivity (Wildman–Crippen MR) is 119 cm³/mol. The molecule has 3 heteroatoms. The van der Waals surface area contributed by atoms with Crippen LogP contribution in [0.3, 0.4) is 0 Å². The molecule has 28 heavy (non-hydrogen) atoms. The third kappa shape index (κ3) is 9.14. The molecule has 0 radical (unpaired) electrons. The van der Waals surface area contributed by atoms with Gasteiger partial charge in [-0.2, -0.15) is 0 Å². The molecule has 0 saturated carbocycles. The minimum Gasteiger partial charge on any atom is -0.493 e. The molecule has 1 aromatic rings. The summed E-state index contributed by atoms with van der Waals surface area (Å²) in [6, 6.07) is 6.34. The monoisotopic (exact) mass is 390 g/mol. The maximum atomic E-state index is 5.94. The van der Waals surface area contributed by atoms with Crippen molar-refractivity contribution in [2.24, 2.45) is 23.7 Å². The van der Waals surface area contributed by atoms with Gasteiger partial charge in [0.2, 0.25) is 0 Å². The molecule has 0 amide bonds. The zero-order valence-electron chi connectivity index (χ0n) is 19.2. The number of hydrogen-bond acceptors (Lipinski definition) is 3. The summed E-state index contributed by atoms with van der Waals surface area (Å²) in [6.07, 6.45) is 8.98. The van der Waals surface area contributed by atoms with Crippen LogP contribution in [-0.4, -0.2) is 27.4 Å². The average molecular weight is 391 g/mol.